The summed E-state index contributed by atoms with van der Waals surface area (Å²) in [5.41, 5.74) is -0.738. The zero-order valence-corrected chi connectivity index (χ0v) is 11.3. The van der Waals surface area contributed by atoms with Crippen molar-refractivity contribution in [1.29, 1.82) is 0 Å². The third-order valence-corrected chi connectivity index (χ3v) is 3.98. The van der Waals surface area contributed by atoms with Crippen LogP contribution in [0.4, 0.5) is 0 Å². The molecule has 0 bridgehead atoms. The van der Waals surface area contributed by atoms with Crippen molar-refractivity contribution < 1.29 is 9.90 Å². The first-order chi connectivity index (χ1) is 7.96. The number of aliphatic hydroxyl groups excluding tert-OH is 1. The third-order valence-electron chi connectivity index (χ3n) is 3.98. The SMILES string of the molecule is CCC(C)(CCO)NC(=O)C1(C)CCCCN1. The number of hydrogen-bond donors (Lipinski definition) is 3. The molecule has 2 unspecified atom stereocenters. The fourth-order valence-electron chi connectivity index (χ4n) is 2.24. The smallest absolute Gasteiger partial charge is 0.240 e. The summed E-state index contributed by atoms with van der Waals surface area (Å²) in [6, 6.07) is 0. The van der Waals surface area contributed by atoms with Gasteiger partial charge in [0.1, 0.15) is 0 Å². The quantitative estimate of drug-likeness (QED) is 0.678. The van der Waals surface area contributed by atoms with E-state index in [2.05, 4.69) is 10.6 Å². The molecule has 0 spiro atoms. The minimum Gasteiger partial charge on any atom is -0.396 e. The molecular weight excluding hydrogens is 216 g/mol. The Morgan fingerprint density at radius 3 is 2.71 bits per heavy atom. The zero-order valence-electron chi connectivity index (χ0n) is 11.3. The number of piperidine rings is 1. The summed E-state index contributed by atoms with van der Waals surface area (Å²) in [5.74, 6) is 0.0648. The first kappa shape index (κ1) is 14.5. The molecule has 3 N–H and O–H groups in total. The van der Waals surface area contributed by atoms with Crippen LogP contribution in [0.1, 0.15) is 52.9 Å². The van der Waals surface area contributed by atoms with Crippen molar-refractivity contribution in [3.63, 3.8) is 0 Å². The first-order valence-electron chi connectivity index (χ1n) is 6.64. The van der Waals surface area contributed by atoms with Crippen LogP contribution in [0, 0.1) is 0 Å². The fraction of sp³-hybridized carbons (Fsp3) is 0.923. The van der Waals surface area contributed by atoms with E-state index in [1.165, 1.54) is 0 Å². The van der Waals surface area contributed by atoms with Crippen LogP contribution >= 0.6 is 0 Å². The van der Waals surface area contributed by atoms with Crippen LogP contribution < -0.4 is 10.6 Å². The van der Waals surface area contributed by atoms with E-state index in [0.717, 1.165) is 32.2 Å². The lowest BCUT2D eigenvalue weighted by atomic mass is 9.87. The van der Waals surface area contributed by atoms with E-state index >= 15 is 0 Å². The van der Waals surface area contributed by atoms with E-state index in [4.69, 9.17) is 5.11 Å². The molecule has 0 aliphatic carbocycles. The molecule has 1 saturated heterocycles. The largest absolute Gasteiger partial charge is 0.396 e. The van der Waals surface area contributed by atoms with Crippen LogP contribution in [0.15, 0.2) is 0 Å². The second kappa shape index (κ2) is 5.83. The Morgan fingerprint density at radius 2 is 2.24 bits per heavy atom. The number of hydrogen-bond acceptors (Lipinski definition) is 3. The first-order valence-corrected chi connectivity index (χ1v) is 6.64. The minimum atomic E-state index is -0.440. The van der Waals surface area contributed by atoms with Crippen LogP contribution in [-0.4, -0.2) is 35.2 Å². The van der Waals surface area contributed by atoms with Crippen LogP contribution in [0.3, 0.4) is 0 Å². The predicted molar refractivity (Wildman–Crippen MR) is 68.8 cm³/mol. The molecule has 0 saturated carbocycles. The van der Waals surface area contributed by atoms with Crippen molar-refractivity contribution in [2.75, 3.05) is 13.2 Å². The lowest BCUT2D eigenvalue weighted by molar-refractivity contribution is -0.130. The molecule has 1 fully saturated rings. The summed E-state index contributed by atoms with van der Waals surface area (Å²) in [7, 11) is 0. The Morgan fingerprint density at radius 1 is 1.53 bits per heavy atom. The number of carbonyl (C=O) groups excluding carboxylic acids is 1. The van der Waals surface area contributed by atoms with E-state index in [0.29, 0.717) is 6.42 Å². The lowest BCUT2D eigenvalue weighted by Crippen LogP contribution is -2.61. The van der Waals surface area contributed by atoms with Gasteiger partial charge in [0.05, 0.1) is 5.54 Å². The highest BCUT2D eigenvalue weighted by Gasteiger charge is 2.37. The standard InChI is InChI=1S/C13H26N2O2/c1-4-12(2,8-10-16)15-11(17)13(3)7-5-6-9-14-13/h14,16H,4-10H2,1-3H3,(H,15,17). The van der Waals surface area contributed by atoms with Gasteiger partial charge < -0.3 is 15.7 Å². The van der Waals surface area contributed by atoms with Gasteiger partial charge in [-0.1, -0.05) is 6.92 Å². The van der Waals surface area contributed by atoms with E-state index in [9.17, 15) is 4.79 Å². The summed E-state index contributed by atoms with van der Waals surface area (Å²) >= 11 is 0. The lowest BCUT2D eigenvalue weighted by Gasteiger charge is -2.38. The highest BCUT2D eigenvalue weighted by molar-refractivity contribution is 5.86. The summed E-state index contributed by atoms with van der Waals surface area (Å²) < 4.78 is 0. The normalized spacial score (nSPS) is 28.5. The van der Waals surface area contributed by atoms with Gasteiger partial charge in [0.25, 0.3) is 0 Å². The third kappa shape index (κ3) is 3.68. The van der Waals surface area contributed by atoms with Crippen molar-refractivity contribution in [2.45, 2.75) is 64.0 Å². The Hall–Kier alpha value is -0.610. The molecule has 2 atom stereocenters. The molecule has 0 radical (unpaired) electrons. The Labute approximate surface area is 104 Å². The van der Waals surface area contributed by atoms with Crippen molar-refractivity contribution >= 4 is 5.91 Å². The van der Waals surface area contributed by atoms with Crippen molar-refractivity contribution in [3.05, 3.63) is 0 Å². The molecule has 100 valence electrons. The zero-order chi connectivity index (χ0) is 12.9. The number of carbonyl (C=O) groups is 1. The predicted octanol–water partition coefficient (Wildman–Crippen LogP) is 1.19. The van der Waals surface area contributed by atoms with Gasteiger partial charge in [0.2, 0.25) is 5.91 Å². The molecule has 4 nitrogen and oxygen atoms in total. The number of amides is 1. The molecule has 0 aromatic heterocycles. The monoisotopic (exact) mass is 242 g/mol. The number of rotatable bonds is 5. The molecule has 17 heavy (non-hydrogen) atoms. The van der Waals surface area contributed by atoms with Crippen molar-refractivity contribution in [2.24, 2.45) is 0 Å². The van der Waals surface area contributed by atoms with Crippen molar-refractivity contribution in [1.82, 2.24) is 10.6 Å². The van der Waals surface area contributed by atoms with Gasteiger partial charge >= 0.3 is 0 Å². The molecule has 1 heterocycles. The molecule has 0 aromatic carbocycles. The average molecular weight is 242 g/mol. The second-order valence-electron chi connectivity index (χ2n) is 5.56. The molecule has 4 heteroatoms. The molecule has 1 aliphatic heterocycles. The summed E-state index contributed by atoms with van der Waals surface area (Å²) in [6.07, 6.45) is 4.56. The second-order valence-corrected chi connectivity index (χ2v) is 5.56. The van der Waals surface area contributed by atoms with Crippen LogP contribution in [-0.2, 0) is 4.79 Å². The number of nitrogens with one attached hydrogen (secondary N) is 2. The summed E-state index contributed by atoms with van der Waals surface area (Å²) in [4.78, 5) is 12.3. The van der Waals surface area contributed by atoms with E-state index < -0.39 is 5.54 Å². The Balaban J connectivity index is 2.63. The van der Waals surface area contributed by atoms with Gasteiger partial charge in [0.15, 0.2) is 0 Å². The Kier molecular flexibility index (Phi) is 4.95. The van der Waals surface area contributed by atoms with Gasteiger partial charge in [0, 0.05) is 12.1 Å². The molecule has 0 aromatic rings. The van der Waals surface area contributed by atoms with E-state index in [-0.39, 0.29) is 18.1 Å². The molecule has 1 aliphatic rings. The number of aliphatic hydroxyl groups is 1. The van der Waals surface area contributed by atoms with E-state index in [1.807, 2.05) is 20.8 Å². The summed E-state index contributed by atoms with van der Waals surface area (Å²) in [5, 5.41) is 15.5. The van der Waals surface area contributed by atoms with Gasteiger partial charge in [-0.2, -0.15) is 0 Å². The van der Waals surface area contributed by atoms with Crippen LogP contribution in [0.2, 0.25) is 0 Å². The van der Waals surface area contributed by atoms with Gasteiger partial charge in [-0.25, -0.2) is 0 Å². The maximum atomic E-state index is 12.3. The van der Waals surface area contributed by atoms with Gasteiger partial charge in [-0.3, -0.25) is 4.79 Å². The van der Waals surface area contributed by atoms with E-state index in [1.54, 1.807) is 0 Å². The van der Waals surface area contributed by atoms with Gasteiger partial charge in [-0.05, 0) is 52.5 Å². The average Bonchev–Trinajstić information content (AvgIpc) is 2.30. The molecule has 1 rings (SSSR count). The van der Waals surface area contributed by atoms with Gasteiger partial charge in [-0.15, -0.1) is 0 Å². The van der Waals surface area contributed by atoms with Crippen LogP contribution in [0.5, 0.6) is 0 Å². The topological polar surface area (TPSA) is 61.4 Å². The maximum absolute atomic E-state index is 12.3. The van der Waals surface area contributed by atoms with Crippen molar-refractivity contribution in [3.8, 4) is 0 Å². The highest BCUT2D eigenvalue weighted by Crippen LogP contribution is 2.21. The highest BCUT2D eigenvalue weighted by atomic mass is 16.3. The fourth-order valence-corrected chi connectivity index (χ4v) is 2.24. The minimum absolute atomic E-state index is 0.0648. The Bertz CT molecular complexity index is 262. The molecule has 1 amide bonds. The maximum Gasteiger partial charge on any atom is 0.240 e. The summed E-state index contributed by atoms with van der Waals surface area (Å²) in [6.45, 7) is 7.01. The van der Waals surface area contributed by atoms with Crippen LogP contribution in [0.25, 0.3) is 0 Å². The molecular formula is C13H26N2O2.